The molecule has 2 aromatic heterocycles. The maximum atomic E-state index is 13.5. The number of aryl methyl sites for hydroxylation is 1. The fourth-order valence-corrected chi connectivity index (χ4v) is 4.12. The standard InChI is InChI=1S/C17H19F3N4O3.C6H12O/c1-9(8-25)11-5-12-10(2)15(16(27)23-4-3-21-14(26)7-23)22-24(12)13(6-11)17(18,19)20;7-6-4-2-1-3-5-6/h5-6,9,25H,3-4,7-8H2,1-2H3,(H,21,26);6-7H,1-5H2. The molecule has 0 aromatic carbocycles. The molecule has 1 atom stereocenters. The Kier molecular flexibility index (Phi) is 8.19. The second-order valence-corrected chi connectivity index (χ2v) is 8.89. The van der Waals surface area contributed by atoms with E-state index in [4.69, 9.17) is 5.11 Å². The lowest BCUT2D eigenvalue weighted by molar-refractivity contribution is -0.142. The van der Waals surface area contributed by atoms with Gasteiger partial charge in [-0.05, 0) is 37.5 Å². The highest BCUT2D eigenvalue weighted by Crippen LogP contribution is 2.34. The highest BCUT2D eigenvalue weighted by molar-refractivity contribution is 5.98. The molecule has 11 heteroatoms. The zero-order valence-electron chi connectivity index (χ0n) is 19.4. The van der Waals surface area contributed by atoms with E-state index in [1.807, 2.05) is 0 Å². The molecule has 188 valence electrons. The van der Waals surface area contributed by atoms with Crippen LogP contribution in [0.2, 0.25) is 0 Å². The third kappa shape index (κ3) is 5.87. The summed E-state index contributed by atoms with van der Waals surface area (Å²) in [5.74, 6) is -1.42. The zero-order valence-corrected chi connectivity index (χ0v) is 19.4. The predicted molar refractivity (Wildman–Crippen MR) is 118 cm³/mol. The highest BCUT2D eigenvalue weighted by atomic mass is 19.4. The molecule has 2 amide bonds. The average molecular weight is 485 g/mol. The van der Waals surface area contributed by atoms with Gasteiger partial charge in [-0.3, -0.25) is 9.59 Å². The number of aliphatic hydroxyl groups excluding tert-OH is 2. The molecule has 4 rings (SSSR count). The van der Waals surface area contributed by atoms with Crippen LogP contribution in [0.15, 0.2) is 12.1 Å². The van der Waals surface area contributed by atoms with Crippen LogP contribution in [0.5, 0.6) is 0 Å². The summed E-state index contributed by atoms with van der Waals surface area (Å²) in [6.07, 6.45) is 1.24. The quantitative estimate of drug-likeness (QED) is 0.621. The Morgan fingerprint density at radius 2 is 1.94 bits per heavy atom. The molecule has 1 unspecified atom stereocenters. The van der Waals surface area contributed by atoms with Crippen molar-refractivity contribution in [2.45, 2.75) is 64.1 Å². The number of carbonyl (C=O) groups excluding carboxylic acids is 2. The van der Waals surface area contributed by atoms with Crippen LogP contribution in [0.3, 0.4) is 0 Å². The van der Waals surface area contributed by atoms with E-state index in [1.165, 1.54) is 37.2 Å². The number of rotatable bonds is 3. The van der Waals surface area contributed by atoms with Crippen LogP contribution in [-0.4, -0.2) is 68.9 Å². The lowest BCUT2D eigenvalue weighted by atomic mass is 9.98. The topological polar surface area (TPSA) is 107 Å². The van der Waals surface area contributed by atoms with E-state index < -0.39 is 23.7 Å². The van der Waals surface area contributed by atoms with Crippen molar-refractivity contribution in [1.29, 1.82) is 0 Å². The maximum absolute atomic E-state index is 13.5. The van der Waals surface area contributed by atoms with Crippen LogP contribution in [0.25, 0.3) is 5.52 Å². The first-order chi connectivity index (χ1) is 16.0. The normalized spacial score (nSPS) is 18.3. The van der Waals surface area contributed by atoms with Gasteiger partial charge in [0, 0.05) is 31.2 Å². The fraction of sp³-hybridized carbons (Fsp3) is 0.609. The van der Waals surface area contributed by atoms with Crippen molar-refractivity contribution in [3.63, 3.8) is 0 Å². The van der Waals surface area contributed by atoms with Crippen LogP contribution >= 0.6 is 0 Å². The van der Waals surface area contributed by atoms with Gasteiger partial charge in [-0.2, -0.15) is 18.3 Å². The Morgan fingerprint density at radius 3 is 2.47 bits per heavy atom. The molecule has 3 N–H and O–H groups in total. The third-order valence-electron chi connectivity index (χ3n) is 6.24. The van der Waals surface area contributed by atoms with E-state index in [1.54, 1.807) is 6.92 Å². The highest BCUT2D eigenvalue weighted by Gasteiger charge is 2.36. The van der Waals surface area contributed by atoms with Crippen LogP contribution in [0.4, 0.5) is 13.2 Å². The van der Waals surface area contributed by atoms with Crippen LogP contribution in [0, 0.1) is 6.92 Å². The lowest BCUT2D eigenvalue weighted by Crippen LogP contribution is -2.50. The van der Waals surface area contributed by atoms with Gasteiger partial charge in [0.2, 0.25) is 5.91 Å². The second-order valence-electron chi connectivity index (χ2n) is 8.89. The number of amides is 2. The van der Waals surface area contributed by atoms with Gasteiger partial charge in [0.15, 0.2) is 5.69 Å². The molecule has 8 nitrogen and oxygen atoms in total. The summed E-state index contributed by atoms with van der Waals surface area (Å²) in [5.41, 5.74) is -0.400. The number of halogens is 3. The Balaban J connectivity index is 0.000000396. The number of nitrogens with zero attached hydrogens (tertiary/aromatic N) is 3. The summed E-state index contributed by atoms with van der Waals surface area (Å²) in [6.45, 7) is 3.20. The van der Waals surface area contributed by atoms with Crippen molar-refractivity contribution in [2.24, 2.45) is 0 Å². The molecule has 0 spiro atoms. The van der Waals surface area contributed by atoms with Crippen molar-refractivity contribution in [3.05, 3.63) is 34.6 Å². The van der Waals surface area contributed by atoms with Crippen molar-refractivity contribution in [1.82, 2.24) is 19.8 Å². The van der Waals surface area contributed by atoms with E-state index in [0.29, 0.717) is 15.6 Å². The molecule has 1 saturated heterocycles. The van der Waals surface area contributed by atoms with Crippen molar-refractivity contribution >= 4 is 17.3 Å². The summed E-state index contributed by atoms with van der Waals surface area (Å²) >= 11 is 0. The Morgan fingerprint density at radius 1 is 1.26 bits per heavy atom. The molecule has 2 fully saturated rings. The molecule has 1 saturated carbocycles. The van der Waals surface area contributed by atoms with Gasteiger partial charge in [0.1, 0.15) is 5.69 Å². The Bertz CT molecular complexity index is 1030. The van der Waals surface area contributed by atoms with Gasteiger partial charge in [0.05, 0.1) is 18.2 Å². The lowest BCUT2D eigenvalue weighted by Gasteiger charge is -2.26. The van der Waals surface area contributed by atoms with Crippen LogP contribution < -0.4 is 5.32 Å². The molecular weight excluding hydrogens is 453 g/mol. The minimum absolute atomic E-state index is 0.0359. The number of hydrogen-bond acceptors (Lipinski definition) is 5. The van der Waals surface area contributed by atoms with E-state index in [0.717, 1.165) is 18.9 Å². The van der Waals surface area contributed by atoms with Gasteiger partial charge in [0.25, 0.3) is 5.91 Å². The van der Waals surface area contributed by atoms with Crippen LogP contribution in [0.1, 0.15) is 72.3 Å². The SMILES string of the molecule is Cc1c(C(=O)N2CCNC(=O)C2)nn2c(C(F)(F)F)cc(C(C)CO)cc12.OC1CCCCC1. The van der Waals surface area contributed by atoms with Gasteiger partial charge < -0.3 is 20.4 Å². The van der Waals surface area contributed by atoms with Crippen molar-refractivity contribution in [2.75, 3.05) is 26.2 Å². The number of alkyl halides is 3. The van der Waals surface area contributed by atoms with E-state index >= 15 is 0 Å². The first kappa shape index (κ1) is 26.0. The summed E-state index contributed by atoms with van der Waals surface area (Å²) in [6, 6.07) is 2.43. The molecule has 1 aliphatic heterocycles. The molecule has 34 heavy (non-hydrogen) atoms. The van der Waals surface area contributed by atoms with Crippen LogP contribution in [-0.2, 0) is 11.0 Å². The second kappa shape index (κ2) is 10.7. The fourth-order valence-electron chi connectivity index (χ4n) is 4.12. The number of carbonyl (C=O) groups is 2. The summed E-state index contributed by atoms with van der Waals surface area (Å²) in [7, 11) is 0. The summed E-state index contributed by atoms with van der Waals surface area (Å²) in [5, 5.41) is 24.7. The molecule has 1 aliphatic carbocycles. The molecule has 3 heterocycles. The van der Waals surface area contributed by atoms with Crippen molar-refractivity contribution < 1.29 is 33.0 Å². The van der Waals surface area contributed by atoms with Crippen molar-refractivity contribution in [3.8, 4) is 0 Å². The zero-order chi connectivity index (χ0) is 25.0. The monoisotopic (exact) mass is 484 g/mol. The molecule has 0 bridgehead atoms. The summed E-state index contributed by atoms with van der Waals surface area (Å²) in [4.78, 5) is 25.5. The molecular formula is C23H31F3N4O4. The average Bonchev–Trinajstić information content (AvgIpc) is 3.14. The number of aliphatic hydroxyl groups is 2. The largest absolute Gasteiger partial charge is 0.433 e. The third-order valence-corrected chi connectivity index (χ3v) is 6.24. The van der Waals surface area contributed by atoms with Gasteiger partial charge in [-0.1, -0.05) is 26.2 Å². The first-order valence-corrected chi connectivity index (χ1v) is 11.5. The van der Waals surface area contributed by atoms with E-state index in [9.17, 15) is 27.9 Å². The molecule has 0 radical (unpaired) electrons. The molecule has 2 aromatic rings. The minimum atomic E-state index is -4.69. The number of nitrogens with one attached hydrogen (secondary N) is 1. The van der Waals surface area contributed by atoms with Gasteiger partial charge >= 0.3 is 6.18 Å². The maximum Gasteiger partial charge on any atom is 0.433 e. The van der Waals surface area contributed by atoms with E-state index in [2.05, 4.69) is 10.4 Å². The first-order valence-electron chi connectivity index (χ1n) is 11.5. The Hall–Kier alpha value is -2.66. The number of piperazine rings is 1. The molecule has 2 aliphatic rings. The van der Waals surface area contributed by atoms with Gasteiger partial charge in [-0.25, -0.2) is 4.52 Å². The van der Waals surface area contributed by atoms with Gasteiger partial charge in [-0.15, -0.1) is 0 Å². The van der Waals surface area contributed by atoms with E-state index in [-0.39, 0.29) is 49.5 Å². The smallest absolute Gasteiger partial charge is 0.396 e. The Labute approximate surface area is 195 Å². The predicted octanol–water partition coefficient (Wildman–Crippen LogP) is 2.64. The number of aromatic nitrogens is 2. The summed E-state index contributed by atoms with van der Waals surface area (Å²) < 4.78 is 41.3. The number of hydrogen-bond donors (Lipinski definition) is 3. The number of pyridine rings is 1. The minimum Gasteiger partial charge on any atom is -0.396 e. The number of fused-ring (bicyclic) bond motifs is 1.